The number of primary amides is 1. The third-order valence-corrected chi connectivity index (χ3v) is 8.84. The Morgan fingerprint density at radius 2 is 1.80 bits per heavy atom. The molecule has 0 fully saturated rings. The largest absolute Gasteiger partial charge is 0.510 e. The number of ketones is 2. The highest BCUT2D eigenvalue weighted by Gasteiger charge is 2.63. The van der Waals surface area contributed by atoms with Crippen LogP contribution in [0.15, 0.2) is 59.1 Å². The second-order valence-corrected chi connectivity index (χ2v) is 11.5. The summed E-state index contributed by atoms with van der Waals surface area (Å²) in [6.45, 7) is 3.68. The van der Waals surface area contributed by atoms with Gasteiger partial charge in [0.15, 0.2) is 11.4 Å². The number of hydrogen-bond donors (Lipinski definition) is 5. The van der Waals surface area contributed by atoms with Gasteiger partial charge in [-0.1, -0.05) is 31.2 Å². The minimum Gasteiger partial charge on any atom is -0.510 e. The third-order valence-electron chi connectivity index (χ3n) is 8.84. The highest BCUT2D eigenvalue weighted by molar-refractivity contribution is 6.24. The predicted octanol–water partition coefficient (Wildman–Crippen LogP) is 2.24. The maximum absolute atomic E-state index is 14.0. The van der Waals surface area contributed by atoms with Crippen molar-refractivity contribution in [1.82, 2.24) is 9.80 Å². The van der Waals surface area contributed by atoms with E-state index in [1.165, 1.54) is 11.0 Å². The molecule has 1 amide bonds. The fourth-order valence-corrected chi connectivity index (χ4v) is 6.78. The molecule has 41 heavy (non-hydrogen) atoms. The fraction of sp³-hybridized carbons (Fsp3) is 0.387. The van der Waals surface area contributed by atoms with Crippen LogP contribution in [-0.2, 0) is 22.6 Å². The first-order chi connectivity index (χ1) is 19.3. The summed E-state index contributed by atoms with van der Waals surface area (Å²) in [5.41, 5.74) is 5.05. The molecule has 10 heteroatoms. The number of nitrogens with two attached hydrogens (primary N) is 1. The quantitative estimate of drug-likeness (QED) is 0.333. The molecule has 5 rings (SSSR count). The Kier molecular flexibility index (Phi) is 7.05. The van der Waals surface area contributed by atoms with Crippen molar-refractivity contribution >= 4 is 17.5 Å². The predicted molar refractivity (Wildman–Crippen MR) is 151 cm³/mol. The van der Waals surface area contributed by atoms with E-state index in [1.807, 2.05) is 31.3 Å². The van der Waals surface area contributed by atoms with Gasteiger partial charge in [0.1, 0.15) is 22.8 Å². The van der Waals surface area contributed by atoms with Crippen LogP contribution in [0, 0.1) is 11.8 Å². The van der Waals surface area contributed by atoms with Gasteiger partial charge in [0.25, 0.3) is 5.91 Å². The number of nitrogens with zero attached hydrogens (tertiary/aromatic N) is 2. The number of phenols is 1. The Labute approximate surface area is 238 Å². The number of aromatic hydroxyl groups is 1. The van der Waals surface area contributed by atoms with Gasteiger partial charge in [-0.15, -0.1) is 0 Å². The van der Waals surface area contributed by atoms with E-state index in [4.69, 9.17) is 5.73 Å². The number of allylic oxidation sites excluding steroid dienone is 1. The average molecular weight is 562 g/mol. The summed E-state index contributed by atoms with van der Waals surface area (Å²) in [6.07, 6.45) is 0.277. The van der Waals surface area contributed by atoms with Crippen LogP contribution < -0.4 is 5.73 Å². The van der Waals surface area contributed by atoms with Gasteiger partial charge in [0, 0.05) is 18.0 Å². The molecule has 0 heterocycles. The van der Waals surface area contributed by atoms with E-state index in [0.717, 1.165) is 29.8 Å². The number of hydrogen-bond acceptors (Lipinski definition) is 9. The molecule has 0 aromatic heterocycles. The number of Topliss-reactive ketones (excluding diaryl/α,β-unsaturated/α-hetero) is 2. The number of amides is 1. The van der Waals surface area contributed by atoms with Crippen molar-refractivity contribution in [2.24, 2.45) is 17.6 Å². The highest BCUT2D eigenvalue weighted by atomic mass is 16.3. The summed E-state index contributed by atoms with van der Waals surface area (Å²) in [4.78, 5) is 43.2. The number of carbonyl (C=O) groups excluding carboxylic acids is 3. The number of phenolic OH excluding ortho intramolecular Hbond substituents is 1. The molecule has 3 aliphatic rings. The first kappa shape index (κ1) is 28.5. The molecule has 2 aromatic carbocycles. The lowest BCUT2D eigenvalue weighted by atomic mass is 9.58. The maximum Gasteiger partial charge on any atom is 0.255 e. The number of likely N-dealkylation sites (N-methyl/N-ethyl adjacent to an activating group) is 1. The smallest absolute Gasteiger partial charge is 0.255 e. The van der Waals surface area contributed by atoms with E-state index in [1.54, 1.807) is 20.2 Å². The standard InChI is InChI=1S/C31H35N3O7/c1-5-34(4)14-15-7-6-8-16(11-15)18-9-10-21(35)23-19(18)12-17-13-20-25(33(2)3)27(37)24(30(32)40)29(39)31(20,41)28(38)22(17)26(23)36/h6-11,17,20,25,35,37-38,41H,5,12-14H2,1-4H3,(H2,32,40)/t17-,20-,25-,31-/m0/s1. The van der Waals surface area contributed by atoms with Crippen LogP contribution in [0.5, 0.6) is 5.75 Å². The molecule has 0 radical (unpaired) electrons. The summed E-state index contributed by atoms with van der Waals surface area (Å²) in [5, 5.41) is 45.0. The molecule has 6 N–H and O–H groups in total. The number of fused-ring (bicyclic) bond motifs is 3. The Hall–Kier alpha value is -3.99. The minimum atomic E-state index is -2.66. The van der Waals surface area contributed by atoms with Crippen LogP contribution in [0.25, 0.3) is 11.1 Å². The molecule has 10 nitrogen and oxygen atoms in total. The van der Waals surface area contributed by atoms with Crippen molar-refractivity contribution in [2.45, 2.75) is 38.0 Å². The molecule has 3 aliphatic carbocycles. The van der Waals surface area contributed by atoms with Crippen molar-refractivity contribution < 1.29 is 34.8 Å². The van der Waals surface area contributed by atoms with E-state index in [9.17, 15) is 34.8 Å². The Balaban J connectivity index is 1.67. The first-order valence-corrected chi connectivity index (χ1v) is 13.6. The summed E-state index contributed by atoms with van der Waals surface area (Å²) in [7, 11) is 5.23. The van der Waals surface area contributed by atoms with Crippen LogP contribution in [0.3, 0.4) is 0 Å². The molecular formula is C31H35N3O7. The third kappa shape index (κ3) is 4.25. The number of aliphatic hydroxyl groups is 3. The van der Waals surface area contributed by atoms with Crippen molar-refractivity contribution in [3.05, 3.63) is 75.8 Å². The first-order valence-electron chi connectivity index (χ1n) is 13.6. The number of aliphatic hydroxyl groups excluding tert-OH is 2. The van der Waals surface area contributed by atoms with Gasteiger partial charge in [0.2, 0.25) is 5.78 Å². The normalized spacial score (nSPS) is 25.9. The lowest BCUT2D eigenvalue weighted by Crippen LogP contribution is -2.63. The molecule has 0 saturated heterocycles. The van der Waals surface area contributed by atoms with Gasteiger partial charge >= 0.3 is 0 Å². The van der Waals surface area contributed by atoms with Crippen LogP contribution in [0.4, 0.5) is 0 Å². The summed E-state index contributed by atoms with van der Waals surface area (Å²) in [6, 6.07) is 10.1. The van der Waals surface area contributed by atoms with Gasteiger partial charge in [-0.3, -0.25) is 19.3 Å². The lowest BCUT2D eigenvalue weighted by Gasteiger charge is -2.50. The van der Waals surface area contributed by atoms with E-state index in [2.05, 4.69) is 11.8 Å². The van der Waals surface area contributed by atoms with Crippen LogP contribution in [0.2, 0.25) is 0 Å². The lowest BCUT2D eigenvalue weighted by molar-refractivity contribution is -0.148. The number of carbonyl (C=O) groups is 3. The molecule has 0 aliphatic heterocycles. The van der Waals surface area contributed by atoms with E-state index in [-0.39, 0.29) is 29.7 Å². The number of benzene rings is 2. The van der Waals surface area contributed by atoms with Gasteiger partial charge in [-0.05, 0) is 80.8 Å². The van der Waals surface area contributed by atoms with Gasteiger partial charge in [0.05, 0.1) is 11.6 Å². The molecule has 0 spiro atoms. The fourth-order valence-electron chi connectivity index (χ4n) is 6.78. The van der Waals surface area contributed by atoms with Gasteiger partial charge < -0.3 is 31.1 Å². The van der Waals surface area contributed by atoms with Crippen molar-refractivity contribution in [1.29, 1.82) is 0 Å². The molecule has 0 saturated carbocycles. The van der Waals surface area contributed by atoms with Gasteiger partial charge in [-0.2, -0.15) is 0 Å². The Morgan fingerprint density at radius 3 is 2.44 bits per heavy atom. The summed E-state index contributed by atoms with van der Waals surface area (Å²) in [5.74, 6) is -6.63. The zero-order valence-electron chi connectivity index (χ0n) is 23.5. The molecular weight excluding hydrogens is 526 g/mol. The zero-order chi connectivity index (χ0) is 30.0. The molecule has 0 bridgehead atoms. The Bertz CT molecular complexity index is 1540. The monoisotopic (exact) mass is 561 g/mol. The Morgan fingerprint density at radius 1 is 1.10 bits per heavy atom. The van der Waals surface area contributed by atoms with E-state index in [0.29, 0.717) is 5.56 Å². The van der Waals surface area contributed by atoms with Crippen LogP contribution in [0.1, 0.15) is 34.8 Å². The van der Waals surface area contributed by atoms with E-state index < -0.39 is 58.0 Å². The molecule has 216 valence electrons. The molecule has 2 aromatic rings. The van der Waals surface area contributed by atoms with Crippen LogP contribution in [-0.4, -0.2) is 87.0 Å². The number of rotatable bonds is 6. The second kappa shape index (κ2) is 10.1. The maximum atomic E-state index is 14.0. The van der Waals surface area contributed by atoms with Gasteiger partial charge in [-0.25, -0.2) is 0 Å². The van der Waals surface area contributed by atoms with Crippen molar-refractivity contribution in [3.63, 3.8) is 0 Å². The average Bonchev–Trinajstić information content (AvgIpc) is 2.90. The minimum absolute atomic E-state index is 0.000591. The van der Waals surface area contributed by atoms with Crippen molar-refractivity contribution in [2.75, 3.05) is 27.7 Å². The van der Waals surface area contributed by atoms with Crippen LogP contribution >= 0.6 is 0 Å². The highest BCUT2D eigenvalue weighted by Crippen LogP contribution is 2.53. The molecule has 4 atom stereocenters. The summed E-state index contributed by atoms with van der Waals surface area (Å²) < 4.78 is 0. The zero-order valence-corrected chi connectivity index (χ0v) is 23.5. The SMILES string of the molecule is CCN(C)Cc1cccc(-c2ccc(O)c3c2C[C@H]2C[C@H]4[C@H](N(C)C)C(O)=C(C(N)=O)C(=O)[C@@]4(O)C(O)=C2C3=O)c1. The van der Waals surface area contributed by atoms with Crippen molar-refractivity contribution in [3.8, 4) is 16.9 Å². The van der Waals surface area contributed by atoms with E-state index >= 15 is 0 Å². The summed E-state index contributed by atoms with van der Waals surface area (Å²) >= 11 is 0. The topological polar surface area (TPSA) is 165 Å². The second-order valence-electron chi connectivity index (χ2n) is 11.5. The molecule has 0 unspecified atom stereocenters.